The largest absolute Gasteiger partial charge is 0.335 e. The van der Waals surface area contributed by atoms with Crippen LogP contribution in [0.15, 0.2) is 24.4 Å². The summed E-state index contributed by atoms with van der Waals surface area (Å²) in [4.78, 5) is 3.03. The number of nitrogens with zero attached hydrogens (tertiary/aromatic N) is 1. The van der Waals surface area contributed by atoms with E-state index in [0.29, 0.717) is 4.77 Å². The summed E-state index contributed by atoms with van der Waals surface area (Å²) in [6, 6.07) is 4.64. The van der Waals surface area contributed by atoms with Crippen LogP contribution in [0.25, 0.3) is 5.69 Å². The standard InChI is InChI=1S/C10H8FIN2S/c1-6-5-14(10(15)13-6)9-3-2-7(11)4-8(9)12/h2-5H,1H3,(H,13,15). The Morgan fingerprint density at radius 3 is 2.73 bits per heavy atom. The van der Waals surface area contributed by atoms with Gasteiger partial charge in [-0.05, 0) is 59.9 Å². The lowest BCUT2D eigenvalue weighted by atomic mass is 10.3. The Labute approximate surface area is 105 Å². The Kier molecular flexibility index (Phi) is 2.92. The van der Waals surface area contributed by atoms with Gasteiger partial charge in [0.05, 0.1) is 5.69 Å². The molecule has 0 unspecified atom stereocenters. The summed E-state index contributed by atoms with van der Waals surface area (Å²) in [5.41, 5.74) is 1.88. The first-order valence-corrected chi connectivity index (χ1v) is 5.80. The fourth-order valence-corrected chi connectivity index (χ4v) is 2.42. The normalized spacial score (nSPS) is 10.6. The third-order valence-corrected chi connectivity index (χ3v) is 3.18. The van der Waals surface area contributed by atoms with Gasteiger partial charge in [-0.15, -0.1) is 0 Å². The zero-order valence-electron chi connectivity index (χ0n) is 7.92. The van der Waals surface area contributed by atoms with Gasteiger partial charge in [-0.1, -0.05) is 0 Å². The molecule has 2 nitrogen and oxygen atoms in total. The molecular formula is C10H8FIN2S. The van der Waals surface area contributed by atoms with E-state index in [9.17, 15) is 4.39 Å². The maximum atomic E-state index is 12.9. The maximum Gasteiger partial charge on any atom is 0.182 e. The molecule has 0 atom stereocenters. The SMILES string of the molecule is Cc1cn(-c2ccc(F)cc2I)c(=S)[nH]1. The number of aromatic amines is 1. The van der Waals surface area contributed by atoms with Crippen molar-refractivity contribution in [2.75, 3.05) is 0 Å². The topological polar surface area (TPSA) is 20.7 Å². The molecule has 0 spiro atoms. The Morgan fingerprint density at radius 2 is 2.20 bits per heavy atom. The molecule has 0 fully saturated rings. The van der Waals surface area contributed by atoms with Crippen LogP contribution in [-0.2, 0) is 0 Å². The molecule has 1 N–H and O–H groups in total. The van der Waals surface area contributed by atoms with Crippen molar-refractivity contribution in [3.05, 3.63) is 44.2 Å². The van der Waals surface area contributed by atoms with Gasteiger partial charge in [-0.3, -0.25) is 4.57 Å². The van der Waals surface area contributed by atoms with Gasteiger partial charge in [0, 0.05) is 15.5 Å². The Morgan fingerprint density at radius 1 is 1.47 bits per heavy atom. The second-order valence-corrected chi connectivity index (χ2v) is 4.76. The number of rotatable bonds is 1. The lowest BCUT2D eigenvalue weighted by Gasteiger charge is -2.04. The molecule has 0 aliphatic rings. The number of benzene rings is 1. The van der Waals surface area contributed by atoms with Crippen LogP contribution in [-0.4, -0.2) is 9.55 Å². The molecule has 1 aromatic carbocycles. The number of hydrogen-bond acceptors (Lipinski definition) is 1. The van der Waals surface area contributed by atoms with E-state index in [4.69, 9.17) is 12.2 Å². The van der Waals surface area contributed by atoms with Gasteiger partial charge in [-0.25, -0.2) is 4.39 Å². The first-order chi connectivity index (χ1) is 7.08. The highest BCUT2D eigenvalue weighted by Gasteiger charge is 2.05. The van der Waals surface area contributed by atoms with E-state index in [0.717, 1.165) is 15.0 Å². The average molecular weight is 334 g/mol. The van der Waals surface area contributed by atoms with Crippen LogP contribution in [0.5, 0.6) is 0 Å². The minimum atomic E-state index is -0.234. The second kappa shape index (κ2) is 4.05. The van der Waals surface area contributed by atoms with Gasteiger partial charge >= 0.3 is 0 Å². The van der Waals surface area contributed by atoms with E-state index in [1.807, 2.05) is 17.7 Å². The van der Waals surface area contributed by atoms with Gasteiger partial charge in [0.25, 0.3) is 0 Å². The molecule has 15 heavy (non-hydrogen) atoms. The first kappa shape index (κ1) is 10.8. The fourth-order valence-electron chi connectivity index (χ4n) is 1.37. The number of aryl methyl sites for hydroxylation is 1. The molecule has 2 rings (SSSR count). The van der Waals surface area contributed by atoms with Gasteiger partial charge in [-0.2, -0.15) is 0 Å². The molecular weight excluding hydrogens is 326 g/mol. The van der Waals surface area contributed by atoms with Crippen molar-refractivity contribution in [3.8, 4) is 5.69 Å². The van der Waals surface area contributed by atoms with Crippen LogP contribution in [0.1, 0.15) is 5.69 Å². The van der Waals surface area contributed by atoms with Crippen molar-refractivity contribution < 1.29 is 4.39 Å². The number of nitrogens with one attached hydrogen (secondary N) is 1. The molecule has 0 saturated heterocycles. The van der Waals surface area contributed by atoms with E-state index in [2.05, 4.69) is 27.6 Å². The van der Waals surface area contributed by atoms with Crippen molar-refractivity contribution in [1.82, 2.24) is 9.55 Å². The second-order valence-electron chi connectivity index (χ2n) is 3.21. The number of H-pyrrole nitrogens is 1. The summed E-state index contributed by atoms with van der Waals surface area (Å²) in [5.74, 6) is -0.234. The molecule has 0 radical (unpaired) electrons. The van der Waals surface area contributed by atoms with Crippen molar-refractivity contribution in [2.45, 2.75) is 6.92 Å². The predicted octanol–water partition coefficient (Wildman–Crippen LogP) is 3.59. The number of hydrogen-bond donors (Lipinski definition) is 1. The zero-order chi connectivity index (χ0) is 11.0. The van der Waals surface area contributed by atoms with Crippen LogP contribution in [0, 0.1) is 21.1 Å². The van der Waals surface area contributed by atoms with E-state index in [1.54, 1.807) is 6.07 Å². The molecule has 0 bridgehead atoms. The Balaban J connectivity index is 2.64. The molecule has 0 aliphatic carbocycles. The molecule has 0 saturated carbocycles. The Hall–Kier alpha value is -0.690. The average Bonchev–Trinajstić information content (AvgIpc) is 2.45. The highest BCUT2D eigenvalue weighted by molar-refractivity contribution is 14.1. The van der Waals surface area contributed by atoms with Gasteiger partial charge in [0.2, 0.25) is 0 Å². The van der Waals surface area contributed by atoms with Crippen LogP contribution in [0.3, 0.4) is 0 Å². The summed E-state index contributed by atoms with van der Waals surface area (Å²) < 4.78 is 16.2. The van der Waals surface area contributed by atoms with Gasteiger partial charge in [0.1, 0.15) is 5.82 Å². The third kappa shape index (κ3) is 2.12. The summed E-state index contributed by atoms with van der Waals surface area (Å²) >= 11 is 7.25. The van der Waals surface area contributed by atoms with Crippen molar-refractivity contribution in [2.24, 2.45) is 0 Å². The highest BCUT2D eigenvalue weighted by atomic mass is 127. The summed E-state index contributed by atoms with van der Waals surface area (Å²) in [6.07, 6.45) is 1.90. The summed E-state index contributed by atoms with van der Waals surface area (Å²) in [5, 5.41) is 0. The maximum absolute atomic E-state index is 12.9. The van der Waals surface area contributed by atoms with Crippen LogP contribution >= 0.6 is 34.8 Å². The Bertz CT molecular complexity index is 559. The van der Waals surface area contributed by atoms with E-state index in [1.165, 1.54) is 12.1 Å². The first-order valence-electron chi connectivity index (χ1n) is 4.31. The number of halogens is 2. The molecule has 0 aliphatic heterocycles. The fraction of sp³-hybridized carbons (Fsp3) is 0.100. The van der Waals surface area contributed by atoms with Crippen molar-refractivity contribution >= 4 is 34.8 Å². The number of aromatic nitrogens is 2. The zero-order valence-corrected chi connectivity index (χ0v) is 10.9. The smallest absolute Gasteiger partial charge is 0.182 e. The minimum Gasteiger partial charge on any atom is -0.335 e. The van der Waals surface area contributed by atoms with Crippen molar-refractivity contribution in [3.63, 3.8) is 0 Å². The van der Waals surface area contributed by atoms with Crippen LogP contribution in [0.2, 0.25) is 0 Å². The third-order valence-electron chi connectivity index (χ3n) is 2.01. The van der Waals surface area contributed by atoms with E-state index in [-0.39, 0.29) is 5.82 Å². The van der Waals surface area contributed by atoms with E-state index >= 15 is 0 Å². The van der Waals surface area contributed by atoms with Crippen LogP contribution in [0.4, 0.5) is 4.39 Å². The van der Waals surface area contributed by atoms with E-state index < -0.39 is 0 Å². The summed E-state index contributed by atoms with van der Waals surface area (Å²) in [7, 11) is 0. The molecule has 1 aromatic heterocycles. The lowest BCUT2D eigenvalue weighted by molar-refractivity contribution is 0.626. The monoisotopic (exact) mass is 334 g/mol. The molecule has 2 aromatic rings. The lowest BCUT2D eigenvalue weighted by Crippen LogP contribution is -1.95. The molecule has 1 heterocycles. The quantitative estimate of drug-likeness (QED) is 0.624. The minimum absolute atomic E-state index is 0.234. The van der Waals surface area contributed by atoms with Gasteiger partial charge < -0.3 is 4.98 Å². The van der Waals surface area contributed by atoms with Crippen LogP contribution < -0.4 is 0 Å². The predicted molar refractivity (Wildman–Crippen MR) is 68.4 cm³/mol. The van der Waals surface area contributed by atoms with Gasteiger partial charge in [0.15, 0.2) is 4.77 Å². The molecule has 0 amide bonds. The van der Waals surface area contributed by atoms with Crippen molar-refractivity contribution in [1.29, 1.82) is 0 Å². The highest BCUT2D eigenvalue weighted by Crippen LogP contribution is 2.19. The number of imidazole rings is 1. The molecule has 78 valence electrons. The summed E-state index contributed by atoms with van der Waals surface area (Å²) in [6.45, 7) is 1.93. The molecule has 5 heteroatoms.